The molecule has 1 aromatic rings. The third-order valence-corrected chi connectivity index (χ3v) is 1.60. The number of nitrogens with zero attached hydrogens (tertiary/aromatic N) is 3. The Kier molecular flexibility index (Phi) is 3.29. The number of aryl methyl sites for hydroxylation is 1. The first-order chi connectivity index (χ1) is 7.02. The number of carbonyl (C=O) groups excluding carboxylic acids is 1. The maximum atomic E-state index is 11.3. The fraction of sp³-hybridized carbons (Fsp3) is 0.444. The summed E-state index contributed by atoms with van der Waals surface area (Å²) in [5.74, 6) is 0.276. The van der Waals surface area contributed by atoms with Crippen molar-refractivity contribution in [3.8, 4) is 6.07 Å². The van der Waals surface area contributed by atoms with Crippen molar-refractivity contribution in [2.45, 2.75) is 19.9 Å². The van der Waals surface area contributed by atoms with E-state index >= 15 is 0 Å². The van der Waals surface area contributed by atoms with Crippen molar-refractivity contribution in [2.24, 2.45) is 7.05 Å². The second-order valence-electron chi connectivity index (χ2n) is 3.43. The van der Waals surface area contributed by atoms with Crippen LogP contribution in [0.4, 0.5) is 10.6 Å². The Balaban J connectivity index is 2.72. The number of carbonyl (C=O) groups is 1. The molecule has 0 saturated heterocycles. The molecule has 0 bridgehead atoms. The lowest BCUT2D eigenvalue weighted by Gasteiger charge is -2.08. The summed E-state index contributed by atoms with van der Waals surface area (Å²) in [7, 11) is 1.69. The minimum Gasteiger partial charge on any atom is -0.336 e. The molecular weight excluding hydrogens is 194 g/mol. The summed E-state index contributed by atoms with van der Waals surface area (Å²) >= 11 is 0. The molecule has 0 aliphatic carbocycles. The van der Waals surface area contributed by atoms with E-state index in [2.05, 4.69) is 15.7 Å². The Bertz CT molecular complexity index is 401. The van der Waals surface area contributed by atoms with Crippen molar-refractivity contribution in [3.05, 3.63) is 11.8 Å². The lowest BCUT2D eigenvalue weighted by atomic mass is 10.3. The fourth-order valence-electron chi connectivity index (χ4n) is 1.07. The van der Waals surface area contributed by atoms with Gasteiger partial charge >= 0.3 is 6.03 Å². The zero-order chi connectivity index (χ0) is 11.4. The van der Waals surface area contributed by atoms with E-state index in [1.54, 1.807) is 13.2 Å². The van der Waals surface area contributed by atoms with Crippen molar-refractivity contribution < 1.29 is 4.79 Å². The van der Waals surface area contributed by atoms with Gasteiger partial charge in [-0.3, -0.25) is 10.00 Å². The topological polar surface area (TPSA) is 82.7 Å². The first kappa shape index (κ1) is 11.0. The maximum Gasteiger partial charge on any atom is 0.320 e. The van der Waals surface area contributed by atoms with Gasteiger partial charge in [-0.1, -0.05) is 0 Å². The van der Waals surface area contributed by atoms with Crippen molar-refractivity contribution in [1.29, 1.82) is 5.26 Å². The van der Waals surface area contributed by atoms with E-state index in [1.165, 1.54) is 4.68 Å². The van der Waals surface area contributed by atoms with Gasteiger partial charge in [0.2, 0.25) is 0 Å². The summed E-state index contributed by atoms with van der Waals surface area (Å²) in [6, 6.07) is 1.63. The number of rotatable bonds is 2. The maximum absolute atomic E-state index is 11.3. The molecule has 0 aromatic carbocycles. The fourth-order valence-corrected chi connectivity index (χ4v) is 1.07. The zero-order valence-corrected chi connectivity index (χ0v) is 8.90. The Labute approximate surface area is 87.9 Å². The van der Waals surface area contributed by atoms with Crippen LogP contribution in [0.15, 0.2) is 6.20 Å². The van der Waals surface area contributed by atoms with Gasteiger partial charge in [-0.2, -0.15) is 10.4 Å². The summed E-state index contributed by atoms with van der Waals surface area (Å²) < 4.78 is 1.48. The lowest BCUT2D eigenvalue weighted by Crippen LogP contribution is -2.34. The molecular formula is C9H13N5O. The predicted octanol–water partition coefficient (Wildman–Crippen LogP) is 0.822. The van der Waals surface area contributed by atoms with E-state index in [4.69, 9.17) is 5.26 Å². The van der Waals surface area contributed by atoms with Crippen molar-refractivity contribution in [2.75, 3.05) is 5.32 Å². The SMILES string of the molecule is CC(C)NC(=O)Nc1nn(C)cc1C#N. The molecule has 6 nitrogen and oxygen atoms in total. The van der Waals surface area contributed by atoms with Crippen LogP contribution in [-0.4, -0.2) is 21.9 Å². The molecule has 2 N–H and O–H groups in total. The number of anilines is 1. The molecule has 0 aliphatic rings. The molecule has 2 amide bonds. The van der Waals surface area contributed by atoms with Crippen LogP contribution >= 0.6 is 0 Å². The van der Waals surface area contributed by atoms with Crippen LogP contribution in [0, 0.1) is 11.3 Å². The van der Waals surface area contributed by atoms with E-state index in [1.807, 2.05) is 19.9 Å². The summed E-state index contributed by atoms with van der Waals surface area (Å²) in [4.78, 5) is 11.3. The number of nitrogens with one attached hydrogen (secondary N) is 2. The second kappa shape index (κ2) is 4.46. The van der Waals surface area contributed by atoms with Gasteiger partial charge in [0.05, 0.1) is 0 Å². The number of urea groups is 1. The minimum atomic E-state index is -0.361. The summed E-state index contributed by atoms with van der Waals surface area (Å²) in [6.45, 7) is 3.70. The largest absolute Gasteiger partial charge is 0.336 e. The van der Waals surface area contributed by atoms with Crippen LogP contribution in [-0.2, 0) is 7.05 Å². The average Bonchev–Trinajstić information content (AvgIpc) is 2.44. The van der Waals surface area contributed by atoms with Gasteiger partial charge in [0.15, 0.2) is 5.82 Å². The third-order valence-electron chi connectivity index (χ3n) is 1.60. The van der Waals surface area contributed by atoms with Crippen LogP contribution in [0.2, 0.25) is 0 Å². The molecule has 1 rings (SSSR count). The van der Waals surface area contributed by atoms with Gasteiger partial charge in [0, 0.05) is 19.3 Å². The normalized spacial score (nSPS) is 9.80. The van der Waals surface area contributed by atoms with Crippen LogP contribution in [0.1, 0.15) is 19.4 Å². The molecule has 0 aliphatic heterocycles. The summed E-state index contributed by atoms with van der Waals surface area (Å²) in [6.07, 6.45) is 1.55. The van der Waals surface area contributed by atoms with Gasteiger partial charge in [-0.15, -0.1) is 0 Å². The van der Waals surface area contributed by atoms with Gasteiger partial charge in [-0.25, -0.2) is 4.79 Å². The second-order valence-corrected chi connectivity index (χ2v) is 3.43. The Morgan fingerprint density at radius 1 is 1.67 bits per heavy atom. The van der Waals surface area contributed by atoms with Crippen LogP contribution in [0.25, 0.3) is 0 Å². The lowest BCUT2D eigenvalue weighted by molar-refractivity contribution is 0.250. The van der Waals surface area contributed by atoms with E-state index in [-0.39, 0.29) is 17.9 Å². The predicted molar refractivity (Wildman–Crippen MR) is 55.2 cm³/mol. The summed E-state index contributed by atoms with van der Waals surface area (Å²) in [5.41, 5.74) is 0.344. The van der Waals surface area contributed by atoms with Gasteiger partial charge in [0.1, 0.15) is 11.6 Å². The van der Waals surface area contributed by atoms with Crippen molar-refractivity contribution in [1.82, 2.24) is 15.1 Å². The number of hydrogen-bond donors (Lipinski definition) is 2. The molecule has 15 heavy (non-hydrogen) atoms. The highest BCUT2D eigenvalue weighted by Crippen LogP contribution is 2.10. The molecule has 1 aromatic heterocycles. The van der Waals surface area contributed by atoms with Crippen LogP contribution < -0.4 is 10.6 Å². The Morgan fingerprint density at radius 3 is 2.87 bits per heavy atom. The molecule has 0 fully saturated rings. The van der Waals surface area contributed by atoms with E-state index in [9.17, 15) is 4.79 Å². The molecule has 0 saturated carbocycles. The van der Waals surface area contributed by atoms with Gasteiger partial charge < -0.3 is 5.32 Å². The molecule has 0 spiro atoms. The molecule has 0 unspecified atom stereocenters. The monoisotopic (exact) mass is 207 g/mol. The number of aromatic nitrogens is 2. The number of hydrogen-bond acceptors (Lipinski definition) is 3. The summed E-state index contributed by atoms with van der Waals surface area (Å²) in [5, 5.41) is 17.9. The quantitative estimate of drug-likeness (QED) is 0.753. The smallest absolute Gasteiger partial charge is 0.320 e. The van der Waals surface area contributed by atoms with Crippen LogP contribution in [0.3, 0.4) is 0 Å². The third kappa shape index (κ3) is 2.98. The van der Waals surface area contributed by atoms with E-state index in [0.29, 0.717) is 5.56 Å². The zero-order valence-electron chi connectivity index (χ0n) is 8.90. The highest BCUT2D eigenvalue weighted by atomic mass is 16.2. The number of nitriles is 1. The Morgan fingerprint density at radius 2 is 2.33 bits per heavy atom. The van der Waals surface area contributed by atoms with E-state index in [0.717, 1.165) is 0 Å². The Hall–Kier alpha value is -2.03. The molecule has 80 valence electrons. The highest BCUT2D eigenvalue weighted by Gasteiger charge is 2.10. The van der Waals surface area contributed by atoms with Gasteiger partial charge in [0.25, 0.3) is 0 Å². The number of amides is 2. The molecule has 6 heteroatoms. The molecule has 0 atom stereocenters. The van der Waals surface area contributed by atoms with Crippen molar-refractivity contribution in [3.63, 3.8) is 0 Å². The standard InChI is InChI=1S/C9H13N5O/c1-6(2)11-9(15)12-8-7(4-10)5-14(3)13-8/h5-6H,1-3H3,(H2,11,12,13,15). The first-order valence-electron chi connectivity index (χ1n) is 4.54. The molecule has 0 radical (unpaired) electrons. The van der Waals surface area contributed by atoms with Gasteiger partial charge in [-0.05, 0) is 13.8 Å². The molecule has 1 heterocycles. The average molecular weight is 207 g/mol. The van der Waals surface area contributed by atoms with Crippen LogP contribution in [0.5, 0.6) is 0 Å². The highest BCUT2D eigenvalue weighted by molar-refractivity contribution is 5.89. The van der Waals surface area contributed by atoms with E-state index < -0.39 is 0 Å². The van der Waals surface area contributed by atoms with Crippen molar-refractivity contribution >= 4 is 11.8 Å². The first-order valence-corrected chi connectivity index (χ1v) is 4.54. The minimum absolute atomic E-state index is 0.0410.